The maximum atomic E-state index is 13.3. The summed E-state index contributed by atoms with van der Waals surface area (Å²) in [7, 11) is 3.97. The van der Waals surface area contributed by atoms with Crippen LogP contribution in [0.1, 0.15) is 6.42 Å². The van der Waals surface area contributed by atoms with Crippen molar-refractivity contribution in [2.45, 2.75) is 6.42 Å². The predicted molar refractivity (Wildman–Crippen MR) is 73.8 cm³/mol. The van der Waals surface area contributed by atoms with E-state index in [2.05, 4.69) is 15.5 Å². The third-order valence-corrected chi connectivity index (χ3v) is 2.49. The number of halogens is 2. The molecule has 1 rings (SSSR count). The van der Waals surface area contributed by atoms with Crippen molar-refractivity contribution in [3.8, 4) is 0 Å². The van der Waals surface area contributed by atoms with Gasteiger partial charge in [0.25, 0.3) is 0 Å². The molecule has 2 N–H and O–H groups in total. The molecule has 0 amide bonds. The summed E-state index contributed by atoms with van der Waals surface area (Å²) in [5.74, 6) is -1.04. The van der Waals surface area contributed by atoms with Gasteiger partial charge in [-0.2, -0.15) is 0 Å². The lowest BCUT2D eigenvalue weighted by atomic mass is 10.3. The van der Waals surface area contributed by atoms with E-state index in [1.54, 1.807) is 0 Å². The van der Waals surface area contributed by atoms with Gasteiger partial charge >= 0.3 is 0 Å². The topological polar surface area (TPSA) is 27.3 Å². The maximum Gasteiger partial charge on any atom is 0.170 e. The van der Waals surface area contributed by atoms with Gasteiger partial charge in [-0.25, -0.2) is 8.78 Å². The molecule has 0 saturated carbocycles. The van der Waals surface area contributed by atoms with Crippen LogP contribution in [0.2, 0.25) is 0 Å². The van der Waals surface area contributed by atoms with E-state index in [9.17, 15) is 8.78 Å². The molecule has 0 spiro atoms. The lowest BCUT2D eigenvalue weighted by Crippen LogP contribution is -2.31. The first-order valence-corrected chi connectivity index (χ1v) is 6.04. The van der Waals surface area contributed by atoms with Crippen LogP contribution in [-0.2, 0) is 0 Å². The Morgan fingerprint density at radius 2 is 2.06 bits per heavy atom. The highest BCUT2D eigenvalue weighted by Gasteiger charge is 2.05. The number of hydrogen-bond acceptors (Lipinski definition) is 2. The fourth-order valence-electron chi connectivity index (χ4n) is 1.36. The molecule has 0 aliphatic heterocycles. The highest BCUT2D eigenvalue weighted by atomic mass is 32.1. The highest BCUT2D eigenvalue weighted by molar-refractivity contribution is 7.80. The molecule has 3 nitrogen and oxygen atoms in total. The Kier molecular flexibility index (Phi) is 5.94. The van der Waals surface area contributed by atoms with Gasteiger partial charge in [0.15, 0.2) is 5.11 Å². The van der Waals surface area contributed by atoms with Crippen molar-refractivity contribution in [2.75, 3.05) is 32.5 Å². The Hall–Kier alpha value is -1.27. The average molecular weight is 273 g/mol. The Labute approximate surface area is 111 Å². The Bertz CT molecular complexity index is 410. The van der Waals surface area contributed by atoms with Crippen molar-refractivity contribution in [1.82, 2.24) is 10.2 Å². The highest BCUT2D eigenvalue weighted by Crippen LogP contribution is 2.14. The summed E-state index contributed by atoms with van der Waals surface area (Å²) in [6, 6.07) is 3.20. The Balaban J connectivity index is 2.38. The second kappa shape index (κ2) is 7.23. The molecule has 0 atom stereocenters. The van der Waals surface area contributed by atoms with Gasteiger partial charge < -0.3 is 15.5 Å². The minimum absolute atomic E-state index is 0.0418. The van der Waals surface area contributed by atoms with E-state index in [4.69, 9.17) is 12.2 Å². The maximum absolute atomic E-state index is 13.3. The first-order chi connectivity index (χ1) is 8.49. The molecule has 0 heterocycles. The largest absolute Gasteiger partial charge is 0.362 e. The molecule has 0 radical (unpaired) electrons. The molecular formula is C12H17F2N3S. The number of anilines is 1. The first kappa shape index (κ1) is 14.8. The molecule has 0 bridgehead atoms. The zero-order chi connectivity index (χ0) is 13.5. The van der Waals surface area contributed by atoms with Crippen molar-refractivity contribution in [1.29, 1.82) is 0 Å². The van der Waals surface area contributed by atoms with E-state index >= 15 is 0 Å². The smallest absolute Gasteiger partial charge is 0.170 e. The molecule has 100 valence electrons. The van der Waals surface area contributed by atoms with E-state index in [0.29, 0.717) is 11.7 Å². The monoisotopic (exact) mass is 273 g/mol. The molecule has 0 aliphatic rings. The quantitative estimate of drug-likeness (QED) is 0.635. The zero-order valence-corrected chi connectivity index (χ0v) is 11.3. The Morgan fingerprint density at radius 1 is 1.33 bits per heavy atom. The van der Waals surface area contributed by atoms with Crippen molar-refractivity contribution in [2.24, 2.45) is 0 Å². The van der Waals surface area contributed by atoms with E-state index in [0.717, 1.165) is 31.2 Å². The van der Waals surface area contributed by atoms with Crippen molar-refractivity contribution in [3.63, 3.8) is 0 Å². The van der Waals surface area contributed by atoms with Gasteiger partial charge in [0, 0.05) is 12.6 Å². The van der Waals surface area contributed by atoms with Crippen LogP contribution in [0.3, 0.4) is 0 Å². The molecule has 0 saturated heterocycles. The molecule has 1 aromatic rings. The molecule has 0 fully saturated rings. The first-order valence-electron chi connectivity index (χ1n) is 5.63. The summed E-state index contributed by atoms with van der Waals surface area (Å²) in [5, 5.41) is 5.86. The number of nitrogens with one attached hydrogen (secondary N) is 2. The number of thiocarbonyl (C=S) groups is 1. The lowest BCUT2D eigenvalue weighted by molar-refractivity contribution is 0.400. The van der Waals surface area contributed by atoms with Crippen LogP contribution in [0.25, 0.3) is 0 Å². The van der Waals surface area contributed by atoms with E-state index < -0.39 is 11.6 Å². The normalized spacial score (nSPS) is 10.5. The molecule has 0 unspecified atom stereocenters. The van der Waals surface area contributed by atoms with Crippen LogP contribution < -0.4 is 10.6 Å². The van der Waals surface area contributed by atoms with Gasteiger partial charge in [0.05, 0.1) is 5.69 Å². The van der Waals surface area contributed by atoms with Gasteiger partial charge in [-0.3, -0.25) is 0 Å². The number of nitrogens with zero attached hydrogens (tertiary/aromatic N) is 1. The van der Waals surface area contributed by atoms with Crippen molar-refractivity contribution < 1.29 is 8.78 Å². The van der Waals surface area contributed by atoms with Crippen molar-refractivity contribution in [3.05, 3.63) is 29.8 Å². The summed E-state index contributed by atoms with van der Waals surface area (Å²) < 4.78 is 26.2. The van der Waals surface area contributed by atoms with Crippen LogP contribution in [0.15, 0.2) is 18.2 Å². The van der Waals surface area contributed by atoms with Gasteiger partial charge in [-0.1, -0.05) is 0 Å². The fraction of sp³-hybridized carbons (Fsp3) is 0.417. The molecule has 0 aliphatic carbocycles. The summed E-state index contributed by atoms with van der Waals surface area (Å²) in [6.45, 7) is 1.62. The summed E-state index contributed by atoms with van der Waals surface area (Å²) >= 11 is 4.99. The number of rotatable bonds is 5. The summed E-state index contributed by atoms with van der Waals surface area (Å²) in [6.07, 6.45) is 0.917. The average Bonchev–Trinajstić information content (AvgIpc) is 2.29. The SMILES string of the molecule is CN(C)CCCNC(=S)Nc1cc(F)ccc1F. The lowest BCUT2D eigenvalue weighted by Gasteiger charge is -2.13. The number of benzene rings is 1. The number of hydrogen-bond donors (Lipinski definition) is 2. The zero-order valence-electron chi connectivity index (χ0n) is 10.5. The van der Waals surface area contributed by atoms with Crippen LogP contribution in [0, 0.1) is 11.6 Å². The minimum Gasteiger partial charge on any atom is -0.362 e. The third kappa shape index (κ3) is 5.37. The van der Waals surface area contributed by atoms with Gasteiger partial charge in [0.1, 0.15) is 11.6 Å². The molecule has 6 heteroatoms. The van der Waals surface area contributed by atoms with Crippen LogP contribution in [0.4, 0.5) is 14.5 Å². The van der Waals surface area contributed by atoms with Gasteiger partial charge in [-0.15, -0.1) is 0 Å². The Morgan fingerprint density at radius 3 is 2.72 bits per heavy atom. The minimum atomic E-state index is -0.533. The van der Waals surface area contributed by atoms with Crippen LogP contribution in [-0.4, -0.2) is 37.2 Å². The standard InChI is InChI=1S/C12H17F2N3S/c1-17(2)7-3-6-15-12(18)16-11-8-9(13)4-5-10(11)14/h4-5,8H,3,6-7H2,1-2H3,(H2,15,16,18). The van der Waals surface area contributed by atoms with E-state index in [-0.39, 0.29) is 5.69 Å². The summed E-state index contributed by atoms with van der Waals surface area (Å²) in [4.78, 5) is 2.06. The third-order valence-electron chi connectivity index (χ3n) is 2.24. The molecular weight excluding hydrogens is 256 g/mol. The van der Waals surface area contributed by atoms with Crippen LogP contribution >= 0.6 is 12.2 Å². The second-order valence-corrected chi connectivity index (χ2v) is 4.57. The van der Waals surface area contributed by atoms with E-state index in [1.165, 1.54) is 0 Å². The molecule has 1 aromatic carbocycles. The predicted octanol–water partition coefficient (Wildman–Crippen LogP) is 2.20. The van der Waals surface area contributed by atoms with Gasteiger partial charge in [0.2, 0.25) is 0 Å². The second-order valence-electron chi connectivity index (χ2n) is 4.16. The molecule has 0 aromatic heterocycles. The van der Waals surface area contributed by atoms with E-state index in [1.807, 2.05) is 14.1 Å². The summed E-state index contributed by atoms with van der Waals surface area (Å²) in [5.41, 5.74) is 0.0418. The van der Waals surface area contributed by atoms with Crippen LogP contribution in [0.5, 0.6) is 0 Å². The van der Waals surface area contributed by atoms with Crippen molar-refractivity contribution >= 4 is 23.0 Å². The fourth-order valence-corrected chi connectivity index (χ4v) is 1.57. The van der Waals surface area contributed by atoms with Gasteiger partial charge in [-0.05, 0) is 51.4 Å². The molecule has 18 heavy (non-hydrogen) atoms.